The van der Waals surface area contributed by atoms with Crippen LogP contribution < -0.4 is 5.32 Å². The van der Waals surface area contributed by atoms with Crippen molar-refractivity contribution >= 4 is 13.5 Å². The zero-order chi connectivity index (χ0) is 14.6. The van der Waals surface area contributed by atoms with Gasteiger partial charge in [-0.25, -0.2) is 4.98 Å². The Kier molecular flexibility index (Phi) is 6.92. The average molecular weight is 324 g/mol. The van der Waals surface area contributed by atoms with Crippen molar-refractivity contribution in [1.82, 2.24) is 10.3 Å². The number of rotatable bonds is 4. The van der Waals surface area contributed by atoms with Crippen molar-refractivity contribution in [3.05, 3.63) is 29.6 Å². The maximum absolute atomic E-state index is 12.5. The third-order valence-electron chi connectivity index (χ3n) is 3.22. The van der Waals surface area contributed by atoms with E-state index >= 15 is 0 Å². The zero-order valence-corrected chi connectivity index (χ0v) is 12.4. The van der Waals surface area contributed by atoms with Crippen molar-refractivity contribution in [1.29, 1.82) is 0 Å². The minimum Gasteiger partial charge on any atom is -0.385 e. The highest BCUT2D eigenvalue weighted by molar-refractivity contribution is 7.59. The highest BCUT2D eigenvalue weighted by Gasteiger charge is 2.32. The predicted molar refractivity (Wildman–Crippen MR) is 76.4 cm³/mol. The molecule has 8 heteroatoms. The Balaban J connectivity index is 0.00000220. The Hall–Kier alpha value is -0.830. The van der Waals surface area contributed by atoms with Crippen LogP contribution in [0.4, 0.5) is 13.2 Å². The van der Waals surface area contributed by atoms with Crippen LogP contribution in [0.25, 0.3) is 0 Å². The van der Waals surface area contributed by atoms with Gasteiger partial charge < -0.3 is 15.2 Å². The summed E-state index contributed by atoms with van der Waals surface area (Å²) in [5, 5.41) is 13.0. The molecule has 2 heterocycles. The molecule has 0 aliphatic carbocycles. The van der Waals surface area contributed by atoms with Crippen molar-refractivity contribution < 1.29 is 23.0 Å². The van der Waals surface area contributed by atoms with Gasteiger partial charge in [-0.05, 0) is 25.0 Å². The largest absolute Gasteiger partial charge is 0.433 e. The van der Waals surface area contributed by atoms with E-state index < -0.39 is 18.0 Å². The Morgan fingerprint density at radius 3 is 2.62 bits per heavy atom. The van der Waals surface area contributed by atoms with Gasteiger partial charge in [0.05, 0.1) is 5.69 Å². The van der Waals surface area contributed by atoms with Gasteiger partial charge in [0.1, 0.15) is 11.8 Å². The first-order valence-electron chi connectivity index (χ1n) is 6.50. The number of ether oxygens (including phenoxy) is 1. The summed E-state index contributed by atoms with van der Waals surface area (Å²) in [4.78, 5) is 3.47. The molecule has 21 heavy (non-hydrogen) atoms. The molecule has 1 aliphatic heterocycles. The van der Waals surface area contributed by atoms with Gasteiger partial charge in [-0.2, -0.15) is 26.7 Å². The van der Waals surface area contributed by atoms with Gasteiger partial charge in [0.25, 0.3) is 0 Å². The number of hydrogen-bond acceptors (Lipinski definition) is 4. The number of nitrogens with zero attached hydrogens (tertiary/aromatic N) is 1. The molecule has 1 aromatic heterocycles. The number of halogens is 3. The lowest BCUT2D eigenvalue weighted by atomic mass is 10.1. The summed E-state index contributed by atoms with van der Waals surface area (Å²) in [7, 11) is 0. The molecule has 2 rings (SSSR count). The Morgan fingerprint density at radius 1 is 1.33 bits per heavy atom. The van der Waals surface area contributed by atoms with Crippen LogP contribution in [0, 0.1) is 0 Å². The lowest BCUT2D eigenvalue weighted by Crippen LogP contribution is -2.37. The van der Waals surface area contributed by atoms with Crippen molar-refractivity contribution in [2.75, 3.05) is 19.8 Å². The van der Waals surface area contributed by atoms with Crippen molar-refractivity contribution in [2.24, 2.45) is 0 Å². The summed E-state index contributed by atoms with van der Waals surface area (Å²) in [6.45, 7) is 1.50. The fourth-order valence-corrected chi connectivity index (χ4v) is 2.08. The molecule has 1 saturated heterocycles. The number of aromatic nitrogens is 1. The summed E-state index contributed by atoms with van der Waals surface area (Å²) < 4.78 is 42.8. The molecule has 1 aliphatic rings. The SMILES string of the molecule is O[C@@H](CNC1CCOCC1)c1cccc(C(F)(F)F)n1.S. The van der Waals surface area contributed by atoms with Crippen molar-refractivity contribution in [3.8, 4) is 0 Å². The van der Waals surface area contributed by atoms with Gasteiger partial charge >= 0.3 is 6.18 Å². The average Bonchev–Trinajstić information content (AvgIpc) is 2.45. The Labute approximate surface area is 128 Å². The standard InChI is InChI=1S/C13H17F3N2O2.H2S/c14-13(15,16)12-3-1-2-10(18-12)11(19)8-17-9-4-6-20-7-5-9;/h1-3,9,11,17,19H,4-8H2;1H2/t11-;/m0./s1. The highest BCUT2D eigenvalue weighted by atomic mass is 32.1. The predicted octanol–water partition coefficient (Wildman–Crippen LogP) is 2.02. The van der Waals surface area contributed by atoms with Crippen LogP contribution in [0.3, 0.4) is 0 Å². The first-order chi connectivity index (χ1) is 9.47. The van der Waals surface area contributed by atoms with E-state index in [1.165, 1.54) is 12.1 Å². The van der Waals surface area contributed by atoms with Gasteiger partial charge in [-0.15, -0.1) is 0 Å². The third-order valence-corrected chi connectivity index (χ3v) is 3.22. The molecular weight excluding hydrogens is 305 g/mol. The second-order valence-electron chi connectivity index (χ2n) is 4.76. The van der Waals surface area contributed by atoms with E-state index in [1.807, 2.05) is 0 Å². The number of pyridine rings is 1. The normalized spacial score (nSPS) is 18.1. The first-order valence-corrected chi connectivity index (χ1v) is 6.50. The van der Waals surface area contributed by atoms with Crippen LogP contribution >= 0.6 is 13.5 Å². The fraction of sp³-hybridized carbons (Fsp3) is 0.615. The van der Waals surface area contributed by atoms with E-state index in [0.29, 0.717) is 13.2 Å². The molecule has 4 nitrogen and oxygen atoms in total. The number of aliphatic hydroxyl groups excluding tert-OH is 1. The summed E-state index contributed by atoms with van der Waals surface area (Å²) >= 11 is 0. The van der Waals surface area contributed by atoms with Gasteiger partial charge in [0.15, 0.2) is 0 Å². The van der Waals surface area contributed by atoms with Crippen LogP contribution in [-0.4, -0.2) is 35.9 Å². The topological polar surface area (TPSA) is 54.4 Å². The monoisotopic (exact) mass is 324 g/mol. The second-order valence-corrected chi connectivity index (χ2v) is 4.76. The molecule has 0 saturated carbocycles. The number of nitrogens with one attached hydrogen (secondary N) is 1. The fourth-order valence-electron chi connectivity index (χ4n) is 2.08. The van der Waals surface area contributed by atoms with Gasteiger partial charge in [0.2, 0.25) is 0 Å². The van der Waals surface area contributed by atoms with Crippen molar-refractivity contribution in [2.45, 2.75) is 31.2 Å². The van der Waals surface area contributed by atoms with Crippen molar-refractivity contribution in [3.63, 3.8) is 0 Å². The molecule has 1 atom stereocenters. The van der Waals surface area contributed by atoms with Crippen LogP contribution in [0.5, 0.6) is 0 Å². The highest BCUT2D eigenvalue weighted by Crippen LogP contribution is 2.28. The molecule has 1 aromatic rings. The molecule has 0 unspecified atom stereocenters. The van der Waals surface area contributed by atoms with Crippen LogP contribution in [-0.2, 0) is 10.9 Å². The lowest BCUT2D eigenvalue weighted by Gasteiger charge is -2.24. The van der Waals surface area contributed by atoms with Gasteiger partial charge in [-0.3, -0.25) is 0 Å². The number of aliphatic hydroxyl groups is 1. The van der Waals surface area contributed by atoms with E-state index in [1.54, 1.807) is 0 Å². The van der Waals surface area contributed by atoms with E-state index in [4.69, 9.17) is 4.74 Å². The number of alkyl halides is 3. The third kappa shape index (κ3) is 5.46. The maximum Gasteiger partial charge on any atom is 0.433 e. The molecular formula is C13H19F3N2O2S. The zero-order valence-electron chi connectivity index (χ0n) is 11.4. The molecule has 0 aromatic carbocycles. The molecule has 120 valence electrons. The summed E-state index contributed by atoms with van der Waals surface area (Å²) in [5.74, 6) is 0. The quantitative estimate of drug-likeness (QED) is 0.890. The molecule has 2 N–H and O–H groups in total. The molecule has 0 amide bonds. The minimum absolute atomic E-state index is 0. The van der Waals surface area contributed by atoms with E-state index in [9.17, 15) is 18.3 Å². The summed E-state index contributed by atoms with van der Waals surface area (Å²) in [6.07, 6.45) is -3.88. The van der Waals surface area contributed by atoms with Crippen LogP contribution in [0.1, 0.15) is 30.3 Å². The smallest absolute Gasteiger partial charge is 0.385 e. The number of hydrogen-bond donors (Lipinski definition) is 2. The Bertz CT molecular complexity index is 440. The molecule has 0 bridgehead atoms. The van der Waals surface area contributed by atoms with Crippen LogP contribution in [0.15, 0.2) is 18.2 Å². The molecule has 1 fully saturated rings. The van der Waals surface area contributed by atoms with E-state index in [-0.39, 0.29) is 31.8 Å². The van der Waals surface area contributed by atoms with Gasteiger partial charge in [-0.1, -0.05) is 6.07 Å². The lowest BCUT2D eigenvalue weighted by molar-refractivity contribution is -0.141. The summed E-state index contributed by atoms with van der Waals surface area (Å²) in [5.41, 5.74) is -0.959. The second kappa shape index (κ2) is 7.98. The molecule has 0 radical (unpaired) electrons. The van der Waals surface area contributed by atoms with E-state index in [0.717, 1.165) is 18.9 Å². The van der Waals surface area contributed by atoms with E-state index in [2.05, 4.69) is 10.3 Å². The maximum atomic E-state index is 12.5. The minimum atomic E-state index is -4.50. The Morgan fingerprint density at radius 2 is 2.00 bits per heavy atom. The molecule has 0 spiro atoms. The van der Waals surface area contributed by atoms with Gasteiger partial charge in [0, 0.05) is 25.8 Å². The first kappa shape index (κ1) is 18.2. The summed E-state index contributed by atoms with van der Waals surface area (Å²) in [6, 6.07) is 3.76. The van der Waals surface area contributed by atoms with Crippen LogP contribution in [0.2, 0.25) is 0 Å².